The van der Waals surface area contributed by atoms with E-state index in [1.54, 1.807) is 14.2 Å². The predicted molar refractivity (Wildman–Crippen MR) is 160 cm³/mol. The third-order valence-electron chi connectivity index (χ3n) is 7.36. The summed E-state index contributed by atoms with van der Waals surface area (Å²) in [6, 6.07) is 16.5. The van der Waals surface area contributed by atoms with Gasteiger partial charge in [-0.1, -0.05) is 76.3 Å². The van der Waals surface area contributed by atoms with E-state index in [0.29, 0.717) is 5.92 Å². The molecule has 0 heterocycles. The molecule has 0 aliphatic carbocycles. The molecule has 4 nitrogen and oxygen atoms in total. The highest BCUT2D eigenvalue weighted by molar-refractivity contribution is 5.74. The van der Waals surface area contributed by atoms with Gasteiger partial charge in [0.2, 0.25) is 0 Å². The third kappa shape index (κ3) is 6.94. The first-order chi connectivity index (χ1) is 18.4. The van der Waals surface area contributed by atoms with Crippen LogP contribution < -0.4 is 9.47 Å². The minimum absolute atomic E-state index is 0.0342. The normalized spacial score (nSPS) is 13.3. The molecule has 0 fully saturated rings. The highest BCUT2D eigenvalue weighted by Crippen LogP contribution is 2.38. The smallest absolute Gasteiger partial charge is 0.126 e. The van der Waals surface area contributed by atoms with Crippen LogP contribution in [0.25, 0.3) is 24.3 Å². The molecule has 0 radical (unpaired) electrons. The number of hydrogen-bond donors (Lipinski definition) is 2. The van der Waals surface area contributed by atoms with Crippen molar-refractivity contribution in [1.29, 1.82) is 0 Å². The van der Waals surface area contributed by atoms with Gasteiger partial charge in [-0.05, 0) is 87.9 Å². The second-order valence-corrected chi connectivity index (χ2v) is 9.86. The number of aliphatic hydroxyl groups excluding tert-OH is 2. The fourth-order valence-corrected chi connectivity index (χ4v) is 4.85. The molecular weight excluding hydrogens is 472 g/mol. The lowest BCUT2D eigenvalue weighted by Crippen LogP contribution is -2.05. The monoisotopic (exact) mass is 514 g/mol. The largest absolute Gasteiger partial charge is 0.496 e. The van der Waals surface area contributed by atoms with Gasteiger partial charge in [-0.3, -0.25) is 0 Å². The molecule has 0 bridgehead atoms. The number of ether oxygens (including phenoxy) is 2. The summed E-state index contributed by atoms with van der Waals surface area (Å²) in [6.45, 7) is 8.54. The van der Waals surface area contributed by atoms with E-state index in [2.05, 4.69) is 82.3 Å². The Hall–Kier alpha value is -3.34. The van der Waals surface area contributed by atoms with Crippen molar-refractivity contribution in [2.75, 3.05) is 14.2 Å². The van der Waals surface area contributed by atoms with Crippen molar-refractivity contribution in [3.8, 4) is 11.5 Å². The van der Waals surface area contributed by atoms with Crippen molar-refractivity contribution in [1.82, 2.24) is 0 Å². The van der Waals surface area contributed by atoms with Gasteiger partial charge in [0.25, 0.3) is 0 Å². The van der Waals surface area contributed by atoms with E-state index < -0.39 is 0 Å². The summed E-state index contributed by atoms with van der Waals surface area (Å²) in [5.74, 6) is 2.34. The Bertz CT molecular complexity index is 1110. The Kier molecular flexibility index (Phi) is 10.8. The van der Waals surface area contributed by atoms with Crippen molar-refractivity contribution in [2.24, 2.45) is 0 Å². The summed E-state index contributed by atoms with van der Waals surface area (Å²) in [5, 5.41) is 19.9. The molecule has 0 saturated carbocycles. The molecule has 202 valence electrons. The predicted octanol–water partition coefficient (Wildman–Crippen LogP) is 8.06. The van der Waals surface area contributed by atoms with E-state index in [1.165, 1.54) is 0 Å². The Morgan fingerprint density at radius 1 is 0.605 bits per heavy atom. The van der Waals surface area contributed by atoms with Crippen molar-refractivity contribution < 1.29 is 19.7 Å². The fourth-order valence-electron chi connectivity index (χ4n) is 4.85. The zero-order chi connectivity index (χ0) is 27.7. The molecule has 0 saturated heterocycles. The number of benzene rings is 3. The lowest BCUT2D eigenvalue weighted by molar-refractivity contribution is 0.271. The van der Waals surface area contributed by atoms with Gasteiger partial charge in [0.1, 0.15) is 11.5 Å². The molecule has 0 aliphatic heterocycles. The van der Waals surface area contributed by atoms with Crippen LogP contribution in [0.4, 0.5) is 0 Å². The second-order valence-electron chi connectivity index (χ2n) is 9.86. The van der Waals surface area contributed by atoms with Gasteiger partial charge in [-0.15, -0.1) is 0 Å². The van der Waals surface area contributed by atoms with Crippen molar-refractivity contribution in [3.63, 3.8) is 0 Å². The van der Waals surface area contributed by atoms with Crippen molar-refractivity contribution in [2.45, 2.75) is 65.6 Å². The van der Waals surface area contributed by atoms with Crippen molar-refractivity contribution >= 4 is 24.3 Å². The summed E-state index contributed by atoms with van der Waals surface area (Å²) in [5.41, 5.74) is 8.11. The Labute approximate surface area is 228 Å². The molecule has 0 spiro atoms. The minimum atomic E-state index is -0.0342. The fraction of sp³-hybridized carbons (Fsp3) is 0.353. The second kappa shape index (κ2) is 14.0. The minimum Gasteiger partial charge on any atom is -0.496 e. The van der Waals surface area contributed by atoms with E-state index >= 15 is 0 Å². The molecule has 4 heteroatoms. The highest BCUT2D eigenvalue weighted by Gasteiger charge is 2.17. The van der Waals surface area contributed by atoms with Gasteiger partial charge in [-0.25, -0.2) is 0 Å². The lowest BCUT2D eigenvalue weighted by Gasteiger charge is -2.19. The summed E-state index contributed by atoms with van der Waals surface area (Å²) >= 11 is 0. The molecule has 3 aromatic rings. The topological polar surface area (TPSA) is 58.9 Å². The average Bonchev–Trinajstić information content (AvgIpc) is 2.97. The third-order valence-corrected chi connectivity index (χ3v) is 7.36. The zero-order valence-corrected chi connectivity index (χ0v) is 23.6. The Morgan fingerprint density at radius 2 is 0.974 bits per heavy atom. The maximum atomic E-state index is 9.94. The number of methoxy groups -OCH3 is 2. The van der Waals surface area contributed by atoms with Crippen LogP contribution in [-0.2, 0) is 13.2 Å². The van der Waals surface area contributed by atoms with Crippen molar-refractivity contribution in [3.05, 3.63) is 93.0 Å². The van der Waals surface area contributed by atoms with Gasteiger partial charge >= 0.3 is 0 Å². The van der Waals surface area contributed by atoms with Crippen LogP contribution in [0.3, 0.4) is 0 Å². The van der Waals surface area contributed by atoms with E-state index in [4.69, 9.17) is 9.47 Å². The molecule has 2 unspecified atom stereocenters. The molecule has 3 aromatic carbocycles. The summed E-state index contributed by atoms with van der Waals surface area (Å²) < 4.78 is 11.4. The summed E-state index contributed by atoms with van der Waals surface area (Å²) in [6.07, 6.45) is 10.2. The van der Waals surface area contributed by atoms with Crippen LogP contribution in [0.5, 0.6) is 11.5 Å². The molecule has 38 heavy (non-hydrogen) atoms. The first-order valence-electron chi connectivity index (χ1n) is 13.5. The van der Waals surface area contributed by atoms with E-state index in [-0.39, 0.29) is 19.1 Å². The Balaban J connectivity index is 1.80. The van der Waals surface area contributed by atoms with E-state index in [9.17, 15) is 10.2 Å². The van der Waals surface area contributed by atoms with Crippen LogP contribution in [0.1, 0.15) is 96.9 Å². The van der Waals surface area contributed by atoms with E-state index in [0.717, 1.165) is 68.8 Å². The van der Waals surface area contributed by atoms with Gasteiger partial charge in [0, 0.05) is 5.56 Å². The van der Waals surface area contributed by atoms with Crippen LogP contribution in [0, 0.1) is 0 Å². The average molecular weight is 515 g/mol. The molecular formula is C34H42O4. The molecule has 3 rings (SSSR count). The molecule has 0 aliphatic rings. The first kappa shape index (κ1) is 29.2. The standard InChI is InChI=1S/C34H42O4/c1-7-23(3)33-29(21-35)17-27(18-30(33)22-36)15-13-25-9-11-26(12-10-25)14-16-28-19-31(37-5)34(24(4)8-2)32(20-28)38-6/h9-20,23-24,35-36H,7-8,21-22H2,1-6H3/b15-13+,16-14+. The van der Waals surface area contributed by atoms with Crippen LogP contribution >= 0.6 is 0 Å². The maximum Gasteiger partial charge on any atom is 0.126 e. The summed E-state index contributed by atoms with van der Waals surface area (Å²) in [7, 11) is 3.41. The van der Waals surface area contributed by atoms with Crippen LogP contribution in [0.2, 0.25) is 0 Å². The zero-order valence-electron chi connectivity index (χ0n) is 23.6. The number of rotatable bonds is 12. The van der Waals surface area contributed by atoms with Crippen LogP contribution in [0.15, 0.2) is 48.5 Å². The van der Waals surface area contributed by atoms with Gasteiger partial charge in [0.15, 0.2) is 0 Å². The SMILES string of the molecule is CCC(C)c1c(CO)cc(/C=C/c2ccc(/C=C/c3cc(OC)c(C(C)CC)c(OC)c3)cc2)cc1CO. The van der Waals surface area contributed by atoms with E-state index in [1.807, 2.05) is 18.2 Å². The quantitative estimate of drug-likeness (QED) is 0.240. The first-order valence-corrected chi connectivity index (χ1v) is 13.5. The molecule has 2 N–H and O–H groups in total. The molecule has 0 aromatic heterocycles. The van der Waals surface area contributed by atoms with Gasteiger partial charge in [0.05, 0.1) is 27.4 Å². The number of hydrogen-bond acceptors (Lipinski definition) is 4. The highest BCUT2D eigenvalue weighted by atomic mass is 16.5. The lowest BCUT2D eigenvalue weighted by atomic mass is 9.88. The van der Waals surface area contributed by atoms with Gasteiger partial charge < -0.3 is 19.7 Å². The molecule has 2 atom stereocenters. The van der Waals surface area contributed by atoms with Crippen LogP contribution in [-0.4, -0.2) is 24.4 Å². The molecule has 0 amide bonds. The summed E-state index contributed by atoms with van der Waals surface area (Å²) in [4.78, 5) is 0. The number of aliphatic hydroxyl groups is 2. The Morgan fingerprint density at radius 3 is 1.34 bits per heavy atom. The maximum absolute atomic E-state index is 9.94. The van der Waals surface area contributed by atoms with Gasteiger partial charge in [-0.2, -0.15) is 0 Å².